The molecule has 2 saturated heterocycles. The Morgan fingerprint density at radius 2 is 1.71 bits per heavy atom. The first-order valence-electron chi connectivity index (χ1n) is 10.8. The lowest BCUT2D eigenvalue weighted by molar-refractivity contribution is -0.128. The van der Waals surface area contributed by atoms with Gasteiger partial charge in [-0.2, -0.15) is 0 Å². The highest BCUT2D eigenvalue weighted by molar-refractivity contribution is 5.80. The largest absolute Gasteiger partial charge is 0.354 e. The summed E-state index contributed by atoms with van der Waals surface area (Å²) < 4.78 is 42.0. The molecule has 10 atom stereocenters. The zero-order valence-corrected chi connectivity index (χ0v) is 16.6. The van der Waals surface area contributed by atoms with Crippen LogP contribution in [0, 0.1) is 17.8 Å². The molecule has 160 valence electrons. The third-order valence-electron chi connectivity index (χ3n) is 7.27. The van der Waals surface area contributed by atoms with E-state index >= 15 is 0 Å². The summed E-state index contributed by atoms with van der Waals surface area (Å²) in [7, 11) is 0. The van der Waals surface area contributed by atoms with Crippen molar-refractivity contribution >= 4 is 5.91 Å². The number of amides is 1. The second kappa shape index (κ2) is 8.11. The highest BCUT2D eigenvalue weighted by Crippen LogP contribution is 2.41. The second-order valence-corrected chi connectivity index (χ2v) is 9.42. The minimum Gasteiger partial charge on any atom is -0.354 e. The summed E-state index contributed by atoms with van der Waals surface area (Å²) in [4.78, 5) is 12.6. The number of hydrogen-bond acceptors (Lipinski definition) is 4. The van der Waals surface area contributed by atoms with E-state index in [2.05, 4.69) is 21.3 Å². The Morgan fingerprint density at radius 3 is 2.46 bits per heavy atom. The van der Waals surface area contributed by atoms with Gasteiger partial charge in [0, 0.05) is 43.3 Å². The molecular weight excluding hydrogens is 369 g/mol. The molecule has 8 heteroatoms. The van der Waals surface area contributed by atoms with Crippen LogP contribution in [0.5, 0.6) is 0 Å². The van der Waals surface area contributed by atoms with Gasteiger partial charge in [-0.1, -0.05) is 6.42 Å². The minimum absolute atomic E-state index is 0.0588. The van der Waals surface area contributed by atoms with Gasteiger partial charge in [-0.05, 0) is 44.9 Å². The first-order chi connectivity index (χ1) is 13.4. The Labute approximate surface area is 165 Å². The maximum absolute atomic E-state index is 14.3. The number of nitrogens with one attached hydrogen (secondary N) is 4. The molecule has 0 aromatic heterocycles. The van der Waals surface area contributed by atoms with Crippen LogP contribution in [-0.4, -0.2) is 67.7 Å². The third kappa shape index (κ3) is 3.67. The molecular formula is C20H33F3N4O. The van der Waals surface area contributed by atoms with Crippen molar-refractivity contribution in [2.45, 2.75) is 88.3 Å². The van der Waals surface area contributed by atoms with E-state index in [1.165, 1.54) is 0 Å². The molecule has 10 unspecified atom stereocenters. The number of carbonyl (C=O) groups excluding carboxylic acids is 1. The topological polar surface area (TPSA) is 65.2 Å². The zero-order valence-electron chi connectivity index (χ0n) is 16.6. The average Bonchev–Trinajstić information content (AvgIpc) is 3.08. The van der Waals surface area contributed by atoms with E-state index in [9.17, 15) is 18.0 Å². The van der Waals surface area contributed by atoms with E-state index in [-0.39, 0.29) is 54.2 Å². The van der Waals surface area contributed by atoms with Crippen molar-refractivity contribution in [2.24, 2.45) is 17.8 Å². The summed E-state index contributed by atoms with van der Waals surface area (Å²) in [5, 5.41) is 13.4. The van der Waals surface area contributed by atoms with Gasteiger partial charge < -0.3 is 21.3 Å². The van der Waals surface area contributed by atoms with Gasteiger partial charge in [0.15, 0.2) is 6.17 Å². The molecule has 0 aromatic carbocycles. The summed E-state index contributed by atoms with van der Waals surface area (Å²) in [6.07, 6.45) is -2.60. The Kier molecular flexibility index (Phi) is 5.91. The van der Waals surface area contributed by atoms with Crippen LogP contribution in [-0.2, 0) is 4.79 Å². The maximum atomic E-state index is 14.3. The monoisotopic (exact) mass is 402 g/mol. The number of carbonyl (C=O) groups is 1. The maximum Gasteiger partial charge on any atom is 0.224 e. The number of fused-ring (bicyclic) bond motifs is 2. The first kappa shape index (κ1) is 20.4. The number of rotatable bonds is 3. The molecule has 0 bridgehead atoms. The van der Waals surface area contributed by atoms with Gasteiger partial charge in [0.25, 0.3) is 0 Å². The van der Waals surface area contributed by atoms with Crippen molar-refractivity contribution in [3.8, 4) is 0 Å². The third-order valence-corrected chi connectivity index (χ3v) is 7.27. The van der Waals surface area contributed by atoms with Crippen molar-refractivity contribution in [2.75, 3.05) is 13.1 Å². The molecule has 28 heavy (non-hydrogen) atoms. The predicted molar refractivity (Wildman–Crippen MR) is 101 cm³/mol. The van der Waals surface area contributed by atoms with E-state index in [0.29, 0.717) is 13.1 Å². The smallest absolute Gasteiger partial charge is 0.224 e. The van der Waals surface area contributed by atoms with Gasteiger partial charge >= 0.3 is 0 Å². The van der Waals surface area contributed by atoms with Crippen LogP contribution in [0.15, 0.2) is 0 Å². The molecule has 4 fully saturated rings. The van der Waals surface area contributed by atoms with Gasteiger partial charge in [-0.15, -0.1) is 0 Å². The standard InChI is InChI=1S/C20H33F3N4O/c1-9(2)26-20(28)10-4-3-5-14-18(10)25-8-15(27-14)12-7-24-19-11(12)6-13(21)16(22)17(19)23/h9-19,24-25,27H,3-8H2,1-2H3,(H,26,28). The quantitative estimate of drug-likeness (QED) is 0.574. The molecule has 4 rings (SSSR count). The van der Waals surface area contributed by atoms with Crippen molar-refractivity contribution < 1.29 is 18.0 Å². The van der Waals surface area contributed by atoms with E-state index in [1.54, 1.807) is 0 Å². The van der Waals surface area contributed by atoms with Crippen LogP contribution in [0.1, 0.15) is 39.5 Å². The number of alkyl halides is 3. The van der Waals surface area contributed by atoms with E-state index in [0.717, 1.165) is 19.3 Å². The fourth-order valence-corrected chi connectivity index (χ4v) is 5.97. The molecule has 2 saturated carbocycles. The molecule has 2 aliphatic carbocycles. The first-order valence-corrected chi connectivity index (χ1v) is 10.8. The van der Waals surface area contributed by atoms with Crippen LogP contribution >= 0.6 is 0 Å². The Balaban J connectivity index is 1.41. The summed E-state index contributed by atoms with van der Waals surface area (Å²) >= 11 is 0. The number of piperazine rings is 1. The molecule has 0 spiro atoms. The molecule has 0 radical (unpaired) electrons. The lowest BCUT2D eigenvalue weighted by Gasteiger charge is -2.47. The fraction of sp³-hybridized carbons (Fsp3) is 0.950. The summed E-state index contributed by atoms with van der Waals surface area (Å²) in [5.41, 5.74) is 0. The highest BCUT2D eigenvalue weighted by Gasteiger charge is 2.54. The Morgan fingerprint density at radius 1 is 0.964 bits per heavy atom. The molecule has 1 amide bonds. The van der Waals surface area contributed by atoms with E-state index in [1.807, 2.05) is 13.8 Å². The molecule has 0 aromatic rings. The van der Waals surface area contributed by atoms with Gasteiger partial charge in [0.05, 0.1) is 5.92 Å². The van der Waals surface area contributed by atoms with Gasteiger partial charge in [0.1, 0.15) is 12.3 Å². The Hall–Kier alpha value is -0.860. The lowest BCUT2D eigenvalue weighted by atomic mass is 9.72. The molecule has 2 heterocycles. The second-order valence-electron chi connectivity index (χ2n) is 9.42. The Bertz CT molecular complexity index is 580. The lowest BCUT2D eigenvalue weighted by Crippen LogP contribution is -2.68. The van der Waals surface area contributed by atoms with E-state index in [4.69, 9.17) is 0 Å². The van der Waals surface area contributed by atoms with Crippen molar-refractivity contribution in [1.82, 2.24) is 21.3 Å². The SMILES string of the molecule is CC(C)NC(=O)C1CCCC2NC(C3CNC4C(F)C(F)C(F)CC34)CNC21. The summed E-state index contributed by atoms with van der Waals surface area (Å²) in [6.45, 7) is 5.16. The molecule has 4 aliphatic rings. The van der Waals surface area contributed by atoms with E-state index < -0.39 is 24.6 Å². The van der Waals surface area contributed by atoms with Crippen LogP contribution in [0.25, 0.3) is 0 Å². The average molecular weight is 403 g/mol. The molecule has 4 N–H and O–H groups in total. The minimum atomic E-state index is -2.02. The van der Waals surface area contributed by atoms with Crippen molar-refractivity contribution in [3.05, 3.63) is 0 Å². The zero-order chi connectivity index (χ0) is 20.0. The molecule has 2 aliphatic heterocycles. The number of halogens is 3. The molecule has 5 nitrogen and oxygen atoms in total. The summed E-state index contributed by atoms with van der Waals surface area (Å²) in [6, 6.07) is -0.145. The van der Waals surface area contributed by atoms with Crippen molar-refractivity contribution in [3.63, 3.8) is 0 Å². The van der Waals surface area contributed by atoms with Crippen LogP contribution in [0.3, 0.4) is 0 Å². The predicted octanol–water partition coefficient (Wildman–Crippen LogP) is 1.23. The normalized spacial score (nSPS) is 48.8. The fourth-order valence-electron chi connectivity index (χ4n) is 5.97. The van der Waals surface area contributed by atoms with Gasteiger partial charge in [-0.3, -0.25) is 4.79 Å². The van der Waals surface area contributed by atoms with Crippen LogP contribution in [0.4, 0.5) is 13.2 Å². The van der Waals surface area contributed by atoms with Crippen LogP contribution in [0.2, 0.25) is 0 Å². The highest BCUT2D eigenvalue weighted by atomic mass is 19.2. The van der Waals surface area contributed by atoms with Gasteiger partial charge in [-0.25, -0.2) is 13.2 Å². The van der Waals surface area contributed by atoms with Crippen LogP contribution < -0.4 is 21.3 Å². The summed E-state index contributed by atoms with van der Waals surface area (Å²) in [5.74, 6) is -0.0953. The van der Waals surface area contributed by atoms with Gasteiger partial charge in [0.2, 0.25) is 5.91 Å². The van der Waals surface area contributed by atoms with Crippen molar-refractivity contribution in [1.29, 1.82) is 0 Å². The number of hydrogen-bond donors (Lipinski definition) is 4.